The average molecular weight is 283 g/mol. The van der Waals surface area contributed by atoms with E-state index in [0.717, 1.165) is 6.04 Å². The Morgan fingerprint density at radius 2 is 1.50 bits per heavy atom. The van der Waals surface area contributed by atoms with Crippen LogP contribution in [0.2, 0.25) is 0 Å². The van der Waals surface area contributed by atoms with E-state index in [9.17, 15) is 4.79 Å². The first-order valence-electron chi connectivity index (χ1n) is 5.33. The zero-order valence-corrected chi connectivity index (χ0v) is 10.8. The SMILES string of the molecule is C=C1CN([C]2[CH][CH][CH][CH]2)C(=O)O1.[CH]1[CH][CH][CH][CH]1.[Fe+2]. The van der Waals surface area contributed by atoms with Gasteiger partial charge in [-0.25, -0.2) is 4.79 Å². The molecule has 10 radical (unpaired) electrons. The van der Waals surface area contributed by atoms with Gasteiger partial charge in [-0.15, -0.1) is 0 Å². The quantitative estimate of drug-likeness (QED) is 0.691. The van der Waals surface area contributed by atoms with Crippen molar-refractivity contribution in [3.05, 3.63) is 76.2 Å². The fourth-order valence-electron chi connectivity index (χ4n) is 1.51. The fourth-order valence-corrected chi connectivity index (χ4v) is 1.51. The second-order valence-corrected chi connectivity index (χ2v) is 3.60. The monoisotopic (exact) mass is 283 g/mol. The van der Waals surface area contributed by atoms with Crippen LogP contribution in [0.4, 0.5) is 4.79 Å². The molecule has 2 saturated carbocycles. The standard InChI is InChI=1S/C9H8NO2.C5H5.Fe/c1-7-6-10(9(11)12-7)8-4-2-3-5-8;1-2-4-5-3-1;/h2-5H,1,6H2;1-5H;/q;;+2. The van der Waals surface area contributed by atoms with Gasteiger partial charge >= 0.3 is 23.2 Å². The molecule has 2 aliphatic carbocycles. The summed E-state index contributed by atoms with van der Waals surface area (Å²) >= 11 is 0. The van der Waals surface area contributed by atoms with Crippen LogP contribution in [-0.4, -0.2) is 17.5 Å². The number of carbonyl (C=O) groups is 1. The minimum atomic E-state index is -0.341. The van der Waals surface area contributed by atoms with Crippen molar-refractivity contribution in [1.29, 1.82) is 0 Å². The molecule has 1 saturated heterocycles. The third kappa shape index (κ3) is 4.33. The van der Waals surface area contributed by atoms with Crippen LogP contribution in [0.3, 0.4) is 0 Å². The van der Waals surface area contributed by atoms with E-state index in [-0.39, 0.29) is 23.2 Å². The number of rotatable bonds is 1. The molecule has 0 unspecified atom stereocenters. The Labute approximate surface area is 120 Å². The van der Waals surface area contributed by atoms with Gasteiger partial charge in [0.25, 0.3) is 0 Å². The average Bonchev–Trinajstić information content (AvgIpc) is 2.99. The fraction of sp³-hybridized carbons (Fsp3) is 0.0714. The van der Waals surface area contributed by atoms with Crippen molar-refractivity contribution in [3.63, 3.8) is 0 Å². The van der Waals surface area contributed by atoms with Gasteiger partial charge in [0.05, 0.1) is 12.6 Å². The number of cyclic esters (lactones) is 1. The van der Waals surface area contributed by atoms with E-state index in [0.29, 0.717) is 12.3 Å². The third-order valence-corrected chi connectivity index (χ3v) is 2.30. The Bertz CT molecular complexity index is 276. The number of carbonyl (C=O) groups excluding carboxylic acids is 1. The molecule has 0 spiro atoms. The summed E-state index contributed by atoms with van der Waals surface area (Å²) in [7, 11) is 0. The van der Waals surface area contributed by atoms with Crippen LogP contribution in [0.5, 0.6) is 0 Å². The number of nitrogens with zero attached hydrogens (tertiary/aromatic N) is 1. The molecule has 0 N–H and O–H groups in total. The van der Waals surface area contributed by atoms with Crippen molar-refractivity contribution in [2.24, 2.45) is 0 Å². The molecule has 3 nitrogen and oxygen atoms in total. The Hall–Kier alpha value is -0.471. The summed E-state index contributed by atoms with van der Waals surface area (Å²) in [4.78, 5) is 12.7. The molecule has 3 aliphatic rings. The van der Waals surface area contributed by atoms with E-state index in [2.05, 4.69) is 6.58 Å². The van der Waals surface area contributed by atoms with Gasteiger partial charge < -0.3 is 4.74 Å². The molecular weight excluding hydrogens is 270 g/mol. The van der Waals surface area contributed by atoms with Gasteiger partial charge in [0.2, 0.25) is 0 Å². The maximum absolute atomic E-state index is 11.1. The second-order valence-electron chi connectivity index (χ2n) is 3.60. The molecule has 1 heterocycles. The van der Waals surface area contributed by atoms with Gasteiger partial charge in [-0.3, -0.25) is 4.90 Å². The normalized spacial score (nSPS) is 23.4. The summed E-state index contributed by atoms with van der Waals surface area (Å²) in [5.41, 5.74) is 0. The summed E-state index contributed by atoms with van der Waals surface area (Å²) in [6.07, 6.45) is 17.1. The minimum absolute atomic E-state index is 0. The van der Waals surface area contributed by atoms with Crippen LogP contribution < -0.4 is 0 Å². The van der Waals surface area contributed by atoms with Crippen LogP contribution in [0, 0.1) is 63.8 Å². The maximum Gasteiger partial charge on any atom is 2.00 e. The first-order chi connectivity index (χ1) is 8.27. The first kappa shape index (κ1) is 15.6. The molecule has 0 atom stereocenters. The van der Waals surface area contributed by atoms with E-state index >= 15 is 0 Å². The maximum atomic E-state index is 11.1. The summed E-state index contributed by atoms with van der Waals surface area (Å²) in [5, 5.41) is 0. The smallest absolute Gasteiger partial charge is 0.413 e. The first-order valence-corrected chi connectivity index (χ1v) is 5.33. The van der Waals surface area contributed by atoms with Gasteiger partial charge in [0, 0.05) is 0 Å². The van der Waals surface area contributed by atoms with Crippen molar-refractivity contribution in [3.8, 4) is 0 Å². The Kier molecular flexibility index (Phi) is 6.80. The van der Waals surface area contributed by atoms with E-state index in [1.54, 1.807) is 4.90 Å². The van der Waals surface area contributed by atoms with Crippen LogP contribution in [0.1, 0.15) is 0 Å². The van der Waals surface area contributed by atoms with Crippen molar-refractivity contribution < 1.29 is 26.6 Å². The minimum Gasteiger partial charge on any atom is -0.413 e. The zero-order chi connectivity index (χ0) is 12.1. The molecule has 1 amide bonds. The number of ether oxygens (including phenoxy) is 1. The summed E-state index contributed by atoms with van der Waals surface area (Å²) in [6.45, 7) is 4.04. The number of amides is 1. The van der Waals surface area contributed by atoms with Gasteiger partial charge in [0.1, 0.15) is 5.76 Å². The molecule has 0 bridgehead atoms. The second kappa shape index (κ2) is 7.85. The van der Waals surface area contributed by atoms with Gasteiger partial charge in [-0.2, -0.15) is 0 Å². The molecule has 0 aromatic carbocycles. The summed E-state index contributed by atoms with van der Waals surface area (Å²) in [6, 6.07) is 0.860. The van der Waals surface area contributed by atoms with E-state index in [1.807, 2.05) is 57.8 Å². The van der Waals surface area contributed by atoms with E-state index in [4.69, 9.17) is 4.74 Å². The van der Waals surface area contributed by atoms with Crippen molar-refractivity contribution in [2.75, 3.05) is 6.54 Å². The molecule has 1 aliphatic heterocycles. The van der Waals surface area contributed by atoms with E-state index < -0.39 is 0 Å². The summed E-state index contributed by atoms with van der Waals surface area (Å²) < 4.78 is 4.79. The molecule has 18 heavy (non-hydrogen) atoms. The molecule has 0 aromatic heterocycles. The molecule has 3 fully saturated rings. The number of hydrogen-bond donors (Lipinski definition) is 0. The molecule has 92 valence electrons. The Morgan fingerprint density at radius 3 is 1.89 bits per heavy atom. The van der Waals surface area contributed by atoms with Gasteiger partial charge in [0.15, 0.2) is 0 Å². The van der Waals surface area contributed by atoms with Gasteiger partial charge in [-0.1, -0.05) is 6.58 Å². The van der Waals surface area contributed by atoms with Crippen LogP contribution in [0.15, 0.2) is 12.3 Å². The predicted molar refractivity (Wildman–Crippen MR) is 64.3 cm³/mol. The largest absolute Gasteiger partial charge is 2.00 e. The molecule has 3 rings (SSSR count). The van der Waals surface area contributed by atoms with Crippen molar-refractivity contribution in [2.45, 2.75) is 0 Å². The van der Waals surface area contributed by atoms with Crippen molar-refractivity contribution >= 4 is 6.09 Å². The molecule has 4 heteroatoms. The van der Waals surface area contributed by atoms with E-state index in [1.165, 1.54) is 0 Å². The van der Waals surface area contributed by atoms with Crippen LogP contribution in [0.25, 0.3) is 0 Å². The zero-order valence-electron chi connectivity index (χ0n) is 9.73. The Balaban J connectivity index is 0.000000230. The van der Waals surface area contributed by atoms with Gasteiger partial charge in [-0.05, 0) is 57.8 Å². The summed E-state index contributed by atoms with van der Waals surface area (Å²) in [5.74, 6) is 0.501. The number of hydrogen-bond acceptors (Lipinski definition) is 2. The Morgan fingerprint density at radius 1 is 1.00 bits per heavy atom. The predicted octanol–water partition coefficient (Wildman–Crippen LogP) is 2.33. The van der Waals surface area contributed by atoms with Crippen LogP contribution in [-0.2, 0) is 21.8 Å². The topological polar surface area (TPSA) is 29.5 Å². The van der Waals surface area contributed by atoms with Crippen LogP contribution >= 0.6 is 0 Å². The molecule has 0 aromatic rings. The van der Waals surface area contributed by atoms with Crippen molar-refractivity contribution in [1.82, 2.24) is 4.90 Å². The third-order valence-electron chi connectivity index (χ3n) is 2.30. The molecular formula is C14H13FeNO2+2.